The number of nitrogens with one attached hydrogen (secondary N) is 1. The highest BCUT2D eigenvalue weighted by Gasteiger charge is 2.09. The van der Waals surface area contributed by atoms with Crippen LogP contribution in [0.15, 0.2) is 18.2 Å². The van der Waals surface area contributed by atoms with Crippen molar-refractivity contribution in [2.75, 3.05) is 6.61 Å². The van der Waals surface area contributed by atoms with Crippen molar-refractivity contribution in [2.45, 2.75) is 46.2 Å². The lowest BCUT2D eigenvalue weighted by Crippen LogP contribution is -2.29. The summed E-state index contributed by atoms with van der Waals surface area (Å²) in [6.45, 7) is 8.77. The molecule has 0 aromatic heterocycles. The summed E-state index contributed by atoms with van der Waals surface area (Å²) in [5.74, 6) is 0. The van der Waals surface area contributed by atoms with E-state index in [2.05, 4.69) is 51.2 Å². The minimum atomic E-state index is 0.244. The summed E-state index contributed by atoms with van der Waals surface area (Å²) >= 11 is 0. The zero-order valence-corrected chi connectivity index (χ0v) is 10.7. The van der Waals surface area contributed by atoms with Gasteiger partial charge in [0, 0.05) is 18.7 Å². The van der Waals surface area contributed by atoms with Gasteiger partial charge in [0.2, 0.25) is 0 Å². The van der Waals surface area contributed by atoms with E-state index in [9.17, 15) is 0 Å². The van der Waals surface area contributed by atoms with E-state index < -0.39 is 0 Å². The molecule has 1 unspecified atom stereocenters. The van der Waals surface area contributed by atoms with Gasteiger partial charge in [-0.1, -0.05) is 29.3 Å². The highest BCUT2D eigenvalue weighted by atomic mass is 16.3. The van der Waals surface area contributed by atoms with Crippen LogP contribution in [-0.2, 0) is 0 Å². The number of aliphatic hydroxyl groups is 1. The van der Waals surface area contributed by atoms with Crippen LogP contribution in [0.3, 0.4) is 0 Å². The Kier molecular flexibility index (Phi) is 4.97. The van der Waals surface area contributed by atoms with Gasteiger partial charge in [-0.05, 0) is 39.7 Å². The average Bonchev–Trinajstić information content (AvgIpc) is 2.16. The van der Waals surface area contributed by atoms with Crippen LogP contribution in [0.1, 0.15) is 43.0 Å². The monoisotopic (exact) mass is 221 g/mol. The van der Waals surface area contributed by atoms with E-state index in [1.54, 1.807) is 0 Å². The lowest BCUT2D eigenvalue weighted by molar-refractivity contribution is 0.264. The molecule has 16 heavy (non-hydrogen) atoms. The van der Waals surface area contributed by atoms with Gasteiger partial charge in [0.1, 0.15) is 0 Å². The highest BCUT2D eigenvalue weighted by Crippen LogP contribution is 2.17. The molecule has 0 aliphatic rings. The SMILES string of the molecule is Cc1cc(C)cc(C(C)N[C@H](C)CCO)c1. The van der Waals surface area contributed by atoms with Gasteiger partial charge in [0.25, 0.3) is 0 Å². The molecular formula is C14H23NO. The molecule has 1 rings (SSSR count). The fraction of sp³-hybridized carbons (Fsp3) is 0.571. The second kappa shape index (κ2) is 6.02. The summed E-state index contributed by atoms with van der Waals surface area (Å²) in [6, 6.07) is 7.31. The highest BCUT2D eigenvalue weighted by molar-refractivity contribution is 5.30. The fourth-order valence-corrected chi connectivity index (χ4v) is 2.06. The maximum absolute atomic E-state index is 8.87. The molecule has 0 saturated carbocycles. The molecule has 0 fully saturated rings. The van der Waals surface area contributed by atoms with E-state index in [0.717, 1.165) is 6.42 Å². The van der Waals surface area contributed by atoms with Gasteiger partial charge in [-0.2, -0.15) is 0 Å². The molecule has 2 heteroatoms. The average molecular weight is 221 g/mol. The summed E-state index contributed by atoms with van der Waals surface area (Å²) in [6.07, 6.45) is 0.801. The summed E-state index contributed by atoms with van der Waals surface area (Å²) in [4.78, 5) is 0. The molecule has 1 aromatic carbocycles. The number of hydrogen-bond donors (Lipinski definition) is 2. The molecule has 0 aliphatic heterocycles. The quantitative estimate of drug-likeness (QED) is 0.801. The second-order valence-electron chi connectivity index (χ2n) is 4.72. The Hall–Kier alpha value is -0.860. The third-order valence-corrected chi connectivity index (χ3v) is 2.84. The predicted octanol–water partition coefficient (Wildman–Crippen LogP) is 2.72. The lowest BCUT2D eigenvalue weighted by Gasteiger charge is -2.20. The van der Waals surface area contributed by atoms with Crippen LogP contribution in [0.25, 0.3) is 0 Å². The second-order valence-corrected chi connectivity index (χ2v) is 4.72. The first-order valence-electron chi connectivity index (χ1n) is 5.98. The molecule has 0 bridgehead atoms. The Morgan fingerprint density at radius 3 is 2.19 bits per heavy atom. The predicted molar refractivity (Wildman–Crippen MR) is 68.6 cm³/mol. The number of rotatable bonds is 5. The van der Waals surface area contributed by atoms with E-state index in [1.807, 2.05) is 0 Å². The molecular weight excluding hydrogens is 198 g/mol. The largest absolute Gasteiger partial charge is 0.396 e. The van der Waals surface area contributed by atoms with Crippen LogP contribution in [0.4, 0.5) is 0 Å². The number of aliphatic hydroxyl groups excluding tert-OH is 1. The molecule has 2 atom stereocenters. The third kappa shape index (κ3) is 3.95. The molecule has 0 aliphatic carbocycles. The first-order valence-corrected chi connectivity index (χ1v) is 5.98. The Morgan fingerprint density at radius 1 is 1.12 bits per heavy atom. The van der Waals surface area contributed by atoms with E-state index in [1.165, 1.54) is 16.7 Å². The summed E-state index contributed by atoms with van der Waals surface area (Å²) < 4.78 is 0. The van der Waals surface area contributed by atoms with Crippen molar-refractivity contribution in [2.24, 2.45) is 0 Å². The summed E-state index contributed by atoms with van der Waals surface area (Å²) in [5.41, 5.74) is 3.93. The van der Waals surface area contributed by atoms with E-state index in [-0.39, 0.29) is 6.61 Å². The van der Waals surface area contributed by atoms with Crippen molar-refractivity contribution in [3.63, 3.8) is 0 Å². The molecule has 2 nitrogen and oxygen atoms in total. The third-order valence-electron chi connectivity index (χ3n) is 2.84. The van der Waals surface area contributed by atoms with Crippen molar-refractivity contribution >= 4 is 0 Å². The molecule has 90 valence electrons. The van der Waals surface area contributed by atoms with Crippen LogP contribution < -0.4 is 5.32 Å². The molecule has 1 aromatic rings. The van der Waals surface area contributed by atoms with Gasteiger partial charge in [-0.25, -0.2) is 0 Å². The molecule has 2 N–H and O–H groups in total. The molecule has 0 saturated heterocycles. The van der Waals surface area contributed by atoms with Crippen molar-refractivity contribution in [1.82, 2.24) is 5.32 Å². The first-order chi connectivity index (χ1) is 7.52. The van der Waals surface area contributed by atoms with Crippen LogP contribution in [0, 0.1) is 13.8 Å². The molecule has 0 amide bonds. The summed E-state index contributed by atoms with van der Waals surface area (Å²) in [5, 5.41) is 12.4. The zero-order valence-electron chi connectivity index (χ0n) is 10.7. The molecule has 0 spiro atoms. The number of hydrogen-bond acceptors (Lipinski definition) is 2. The minimum absolute atomic E-state index is 0.244. The van der Waals surface area contributed by atoms with Gasteiger partial charge in [0.15, 0.2) is 0 Å². The number of aryl methyl sites for hydroxylation is 2. The van der Waals surface area contributed by atoms with Gasteiger partial charge >= 0.3 is 0 Å². The Labute approximate surface area is 98.7 Å². The Bertz CT molecular complexity index is 315. The first kappa shape index (κ1) is 13.2. The molecule has 0 heterocycles. The number of benzene rings is 1. The standard InChI is InChI=1S/C14H23NO/c1-10-7-11(2)9-14(8-10)13(4)15-12(3)5-6-16/h7-9,12-13,15-16H,5-6H2,1-4H3/t12-,13?/m1/s1. The fourth-order valence-electron chi connectivity index (χ4n) is 2.06. The van der Waals surface area contributed by atoms with Gasteiger partial charge in [0.05, 0.1) is 0 Å². The lowest BCUT2D eigenvalue weighted by atomic mass is 10.0. The van der Waals surface area contributed by atoms with E-state index >= 15 is 0 Å². The summed E-state index contributed by atoms with van der Waals surface area (Å²) in [7, 11) is 0. The van der Waals surface area contributed by atoms with Gasteiger partial charge in [-0.3, -0.25) is 0 Å². The van der Waals surface area contributed by atoms with E-state index in [0.29, 0.717) is 12.1 Å². The van der Waals surface area contributed by atoms with Gasteiger partial charge in [-0.15, -0.1) is 0 Å². The van der Waals surface area contributed by atoms with E-state index in [4.69, 9.17) is 5.11 Å². The minimum Gasteiger partial charge on any atom is -0.396 e. The van der Waals surface area contributed by atoms with Crippen LogP contribution in [0.2, 0.25) is 0 Å². The molecule has 0 radical (unpaired) electrons. The van der Waals surface area contributed by atoms with Crippen molar-refractivity contribution < 1.29 is 5.11 Å². The van der Waals surface area contributed by atoms with Gasteiger partial charge < -0.3 is 10.4 Å². The van der Waals surface area contributed by atoms with Crippen LogP contribution in [0.5, 0.6) is 0 Å². The Morgan fingerprint density at radius 2 is 1.69 bits per heavy atom. The normalized spacial score (nSPS) is 14.8. The maximum Gasteiger partial charge on any atom is 0.0445 e. The van der Waals surface area contributed by atoms with Crippen molar-refractivity contribution in [1.29, 1.82) is 0 Å². The van der Waals surface area contributed by atoms with Crippen LogP contribution >= 0.6 is 0 Å². The van der Waals surface area contributed by atoms with Crippen molar-refractivity contribution in [3.05, 3.63) is 34.9 Å². The Balaban J connectivity index is 2.68. The van der Waals surface area contributed by atoms with Crippen LogP contribution in [-0.4, -0.2) is 17.8 Å². The zero-order chi connectivity index (χ0) is 12.1. The smallest absolute Gasteiger partial charge is 0.0445 e. The topological polar surface area (TPSA) is 32.3 Å². The van der Waals surface area contributed by atoms with Crippen molar-refractivity contribution in [3.8, 4) is 0 Å². The maximum atomic E-state index is 8.87.